The third-order valence-corrected chi connectivity index (χ3v) is 2.19. The fourth-order valence-electron chi connectivity index (χ4n) is 1.55. The highest BCUT2D eigenvalue weighted by Gasteiger charge is 2.14. The van der Waals surface area contributed by atoms with Crippen LogP contribution in [-0.2, 0) is 4.74 Å². The molecule has 0 unspecified atom stereocenters. The topological polar surface area (TPSA) is 52.3 Å². The Bertz CT molecular complexity index is 130. The van der Waals surface area contributed by atoms with Crippen LogP contribution in [0.3, 0.4) is 0 Å². The van der Waals surface area contributed by atoms with Crippen molar-refractivity contribution in [2.24, 2.45) is 11.7 Å². The van der Waals surface area contributed by atoms with E-state index in [1.54, 1.807) is 0 Å². The summed E-state index contributed by atoms with van der Waals surface area (Å²) in [6.45, 7) is 0.523. The molecular weight excluding hydrogens is 142 g/mol. The molecule has 0 aromatic heterocycles. The third-order valence-electron chi connectivity index (χ3n) is 2.19. The van der Waals surface area contributed by atoms with Gasteiger partial charge in [0.25, 0.3) is 0 Å². The molecule has 0 heterocycles. The second-order valence-electron chi connectivity index (χ2n) is 3.13. The maximum atomic E-state index is 10.2. The van der Waals surface area contributed by atoms with Crippen molar-refractivity contribution >= 4 is 6.09 Å². The van der Waals surface area contributed by atoms with Gasteiger partial charge in [-0.05, 0) is 18.8 Å². The minimum atomic E-state index is -0.643. The summed E-state index contributed by atoms with van der Waals surface area (Å²) in [7, 11) is 0. The van der Waals surface area contributed by atoms with E-state index in [4.69, 9.17) is 10.5 Å². The Balaban J connectivity index is 2.09. The Hall–Kier alpha value is -0.730. The average Bonchev–Trinajstić information content (AvgIpc) is 2.03. The molecule has 3 heteroatoms. The van der Waals surface area contributed by atoms with Gasteiger partial charge < -0.3 is 10.5 Å². The molecule has 1 saturated carbocycles. The summed E-state index contributed by atoms with van der Waals surface area (Å²) in [5.41, 5.74) is 4.85. The van der Waals surface area contributed by atoms with E-state index in [0.29, 0.717) is 12.5 Å². The number of primary amides is 1. The Morgan fingerprint density at radius 3 is 2.55 bits per heavy atom. The molecule has 3 nitrogen and oxygen atoms in total. The fraction of sp³-hybridized carbons (Fsp3) is 0.875. The lowest BCUT2D eigenvalue weighted by Crippen LogP contribution is -2.20. The quantitative estimate of drug-likeness (QED) is 0.662. The van der Waals surface area contributed by atoms with E-state index in [-0.39, 0.29) is 0 Å². The van der Waals surface area contributed by atoms with E-state index in [0.717, 1.165) is 0 Å². The van der Waals surface area contributed by atoms with Gasteiger partial charge in [0.15, 0.2) is 0 Å². The van der Waals surface area contributed by atoms with Crippen LogP contribution < -0.4 is 5.73 Å². The van der Waals surface area contributed by atoms with E-state index in [1.807, 2.05) is 0 Å². The second kappa shape index (κ2) is 4.21. The van der Waals surface area contributed by atoms with Crippen LogP contribution in [0.15, 0.2) is 0 Å². The Kier molecular flexibility index (Phi) is 3.20. The number of hydrogen-bond donors (Lipinski definition) is 1. The molecule has 0 radical (unpaired) electrons. The average molecular weight is 157 g/mol. The predicted molar refractivity (Wildman–Crippen MR) is 42.1 cm³/mol. The lowest BCUT2D eigenvalue weighted by Gasteiger charge is -2.20. The van der Waals surface area contributed by atoms with Crippen LogP contribution in [0, 0.1) is 5.92 Å². The third kappa shape index (κ3) is 3.25. The highest BCUT2D eigenvalue weighted by atomic mass is 16.5. The molecule has 0 aromatic carbocycles. The van der Waals surface area contributed by atoms with Crippen molar-refractivity contribution in [3.05, 3.63) is 0 Å². The van der Waals surface area contributed by atoms with Gasteiger partial charge in [0, 0.05) is 0 Å². The van der Waals surface area contributed by atoms with Crippen LogP contribution in [0.2, 0.25) is 0 Å². The van der Waals surface area contributed by atoms with Crippen molar-refractivity contribution in [1.82, 2.24) is 0 Å². The lowest BCUT2D eigenvalue weighted by molar-refractivity contribution is 0.124. The summed E-state index contributed by atoms with van der Waals surface area (Å²) in [5.74, 6) is 0.566. The summed E-state index contributed by atoms with van der Waals surface area (Å²) in [5, 5.41) is 0. The van der Waals surface area contributed by atoms with E-state index in [1.165, 1.54) is 32.1 Å². The Morgan fingerprint density at radius 1 is 1.36 bits per heavy atom. The molecule has 0 atom stereocenters. The van der Waals surface area contributed by atoms with Crippen LogP contribution in [-0.4, -0.2) is 12.7 Å². The number of carbonyl (C=O) groups excluding carboxylic acids is 1. The highest BCUT2D eigenvalue weighted by molar-refractivity contribution is 5.64. The first-order chi connectivity index (χ1) is 5.29. The van der Waals surface area contributed by atoms with Crippen LogP contribution in [0.1, 0.15) is 32.1 Å². The molecule has 1 aliphatic rings. The smallest absolute Gasteiger partial charge is 0.404 e. The zero-order valence-corrected chi connectivity index (χ0v) is 6.71. The second-order valence-corrected chi connectivity index (χ2v) is 3.13. The Morgan fingerprint density at radius 2 is 2.00 bits per heavy atom. The molecular formula is C8H15NO2. The van der Waals surface area contributed by atoms with Gasteiger partial charge in [-0.1, -0.05) is 19.3 Å². The zero-order valence-electron chi connectivity index (χ0n) is 6.71. The van der Waals surface area contributed by atoms with E-state index >= 15 is 0 Å². The molecule has 0 aromatic rings. The summed E-state index contributed by atoms with van der Waals surface area (Å²) in [4.78, 5) is 10.2. The van der Waals surface area contributed by atoms with E-state index in [9.17, 15) is 4.79 Å². The van der Waals surface area contributed by atoms with Crippen molar-refractivity contribution in [3.63, 3.8) is 0 Å². The van der Waals surface area contributed by atoms with Gasteiger partial charge in [0.05, 0.1) is 6.61 Å². The molecule has 1 fully saturated rings. The van der Waals surface area contributed by atoms with Crippen LogP contribution in [0.4, 0.5) is 4.79 Å². The van der Waals surface area contributed by atoms with Gasteiger partial charge in [0.1, 0.15) is 0 Å². The number of amides is 1. The maximum Gasteiger partial charge on any atom is 0.404 e. The van der Waals surface area contributed by atoms with Crippen molar-refractivity contribution in [1.29, 1.82) is 0 Å². The molecule has 1 amide bonds. The molecule has 0 spiro atoms. The van der Waals surface area contributed by atoms with E-state index < -0.39 is 6.09 Å². The summed E-state index contributed by atoms with van der Waals surface area (Å²) >= 11 is 0. The standard InChI is InChI=1S/C8H15NO2/c9-8(10)11-6-7-4-2-1-3-5-7/h7H,1-6H2,(H2,9,10). The first-order valence-corrected chi connectivity index (χ1v) is 4.21. The van der Waals surface area contributed by atoms with Gasteiger partial charge >= 0.3 is 6.09 Å². The van der Waals surface area contributed by atoms with Gasteiger partial charge in [-0.25, -0.2) is 4.79 Å². The van der Waals surface area contributed by atoms with Crippen molar-refractivity contribution in [2.45, 2.75) is 32.1 Å². The molecule has 0 saturated heterocycles. The van der Waals surface area contributed by atoms with Gasteiger partial charge in [-0.2, -0.15) is 0 Å². The fourth-order valence-corrected chi connectivity index (χ4v) is 1.55. The minimum absolute atomic E-state index is 0.523. The normalized spacial score (nSPS) is 19.6. The predicted octanol–water partition coefficient (Wildman–Crippen LogP) is 1.66. The number of nitrogens with two attached hydrogens (primary N) is 1. The number of ether oxygens (including phenoxy) is 1. The molecule has 0 bridgehead atoms. The molecule has 0 aliphatic heterocycles. The maximum absolute atomic E-state index is 10.2. The number of rotatable bonds is 2. The minimum Gasteiger partial charge on any atom is -0.449 e. The summed E-state index contributed by atoms with van der Waals surface area (Å²) in [6.07, 6.45) is 5.60. The van der Waals surface area contributed by atoms with Crippen LogP contribution in [0.5, 0.6) is 0 Å². The molecule has 1 aliphatic carbocycles. The number of carbonyl (C=O) groups is 1. The largest absolute Gasteiger partial charge is 0.449 e. The van der Waals surface area contributed by atoms with Crippen molar-refractivity contribution in [3.8, 4) is 0 Å². The molecule has 64 valence electrons. The first-order valence-electron chi connectivity index (χ1n) is 4.21. The van der Waals surface area contributed by atoms with Gasteiger partial charge in [-0.3, -0.25) is 0 Å². The monoisotopic (exact) mass is 157 g/mol. The lowest BCUT2D eigenvalue weighted by atomic mass is 9.90. The summed E-state index contributed by atoms with van der Waals surface area (Å²) in [6, 6.07) is 0. The zero-order chi connectivity index (χ0) is 8.10. The van der Waals surface area contributed by atoms with Gasteiger partial charge in [-0.15, -0.1) is 0 Å². The van der Waals surface area contributed by atoms with Gasteiger partial charge in [0.2, 0.25) is 0 Å². The molecule has 1 rings (SSSR count). The van der Waals surface area contributed by atoms with Crippen molar-refractivity contribution in [2.75, 3.05) is 6.61 Å². The number of hydrogen-bond acceptors (Lipinski definition) is 2. The van der Waals surface area contributed by atoms with Crippen LogP contribution in [0.25, 0.3) is 0 Å². The first kappa shape index (κ1) is 8.37. The van der Waals surface area contributed by atoms with Crippen LogP contribution >= 0.6 is 0 Å². The van der Waals surface area contributed by atoms with E-state index in [2.05, 4.69) is 0 Å². The highest BCUT2D eigenvalue weighted by Crippen LogP contribution is 2.23. The SMILES string of the molecule is NC(=O)OCC1CCCCC1. The Labute approximate surface area is 66.9 Å². The molecule has 2 N–H and O–H groups in total. The van der Waals surface area contributed by atoms with Crippen molar-refractivity contribution < 1.29 is 9.53 Å². The molecule has 11 heavy (non-hydrogen) atoms. The summed E-state index contributed by atoms with van der Waals surface area (Å²) < 4.78 is 4.72.